The number of hydrogen-bond acceptors (Lipinski definition) is 1. The maximum Gasteiger partial charge on any atom is 0.478 e. The van der Waals surface area contributed by atoms with Gasteiger partial charge < -0.3 is 17.8 Å². The van der Waals surface area contributed by atoms with E-state index in [1.54, 1.807) is 0 Å². The van der Waals surface area contributed by atoms with Crippen molar-refractivity contribution in [3.05, 3.63) is 0 Å². The van der Waals surface area contributed by atoms with Crippen LogP contribution in [0.3, 0.4) is 0 Å². The second kappa shape index (κ2) is 3.68. The Hall–Kier alpha value is -0.185. The molecule has 0 aromatic heterocycles. The molecule has 0 amide bonds. The summed E-state index contributed by atoms with van der Waals surface area (Å²) in [5, 5.41) is 0. The van der Waals surface area contributed by atoms with Gasteiger partial charge in [-0.1, -0.05) is 12.2 Å². The molecule has 0 bridgehead atoms. The van der Waals surface area contributed by atoms with Crippen LogP contribution in [0.5, 0.6) is 0 Å². The Bertz CT molecular complexity index is 140. The molecule has 0 radical (unpaired) electrons. The minimum Gasteiger partial charge on any atom is -0.449 e. The van der Waals surface area contributed by atoms with Crippen molar-refractivity contribution < 1.29 is 12.9 Å². The Morgan fingerprint density at radius 2 is 1.75 bits per heavy atom. The first-order valence-electron chi connectivity index (χ1n) is 4.37. The summed E-state index contributed by atoms with van der Waals surface area (Å²) < 4.78 is 36.0. The van der Waals surface area contributed by atoms with Crippen LogP contribution in [-0.4, -0.2) is 32.0 Å². The number of nitrogens with zero attached hydrogens (tertiary/aromatic N) is 1. The number of piperidine rings is 1. The molecular formula is C7H14BF3N-. The van der Waals surface area contributed by atoms with Gasteiger partial charge in [0, 0.05) is 0 Å². The van der Waals surface area contributed by atoms with E-state index in [1.807, 2.05) is 7.05 Å². The maximum absolute atomic E-state index is 12.0. The first-order chi connectivity index (χ1) is 5.47. The largest absolute Gasteiger partial charge is 0.478 e. The van der Waals surface area contributed by atoms with Crippen molar-refractivity contribution in [3.8, 4) is 0 Å². The minimum absolute atomic E-state index is 0.110. The Kier molecular flexibility index (Phi) is 3.04. The molecule has 0 spiro atoms. The molecule has 0 N–H and O–H groups in total. The average Bonchev–Trinajstić information content (AvgIpc) is 1.91. The van der Waals surface area contributed by atoms with E-state index in [4.69, 9.17) is 0 Å². The lowest BCUT2D eigenvalue weighted by Gasteiger charge is -2.31. The predicted octanol–water partition coefficient (Wildman–Crippen LogP) is 2.18. The van der Waals surface area contributed by atoms with Crippen molar-refractivity contribution in [2.75, 3.05) is 20.1 Å². The highest BCUT2D eigenvalue weighted by molar-refractivity contribution is 6.58. The van der Waals surface area contributed by atoms with Crippen molar-refractivity contribution in [3.63, 3.8) is 0 Å². The van der Waals surface area contributed by atoms with Gasteiger partial charge in [-0.3, -0.25) is 0 Å². The quantitative estimate of drug-likeness (QED) is 0.588. The molecule has 1 aliphatic heterocycles. The van der Waals surface area contributed by atoms with Crippen LogP contribution in [0.1, 0.15) is 12.8 Å². The van der Waals surface area contributed by atoms with Crippen molar-refractivity contribution in [1.29, 1.82) is 0 Å². The van der Waals surface area contributed by atoms with Crippen molar-refractivity contribution in [2.24, 2.45) is 5.92 Å². The Labute approximate surface area is 71.0 Å². The number of rotatable bonds is 2. The normalized spacial score (nSPS) is 23.0. The van der Waals surface area contributed by atoms with Gasteiger partial charge in [0.25, 0.3) is 0 Å². The fourth-order valence-corrected chi connectivity index (χ4v) is 1.68. The summed E-state index contributed by atoms with van der Waals surface area (Å²) in [4.78, 5) is 2.08. The summed E-state index contributed by atoms with van der Waals surface area (Å²) in [5.74, 6) is -0.110. The standard InChI is InChI=1S/C7H14BF3N/c1-12-4-2-7(3-5-12)6-8(9,10)11/h7H,2-6H2,1H3/q-1. The lowest BCUT2D eigenvalue weighted by molar-refractivity contribution is 0.222. The fourth-order valence-electron chi connectivity index (χ4n) is 1.68. The molecule has 72 valence electrons. The van der Waals surface area contributed by atoms with Gasteiger partial charge in [0.1, 0.15) is 0 Å². The summed E-state index contributed by atoms with van der Waals surface area (Å²) in [6.45, 7) is -2.93. The highest BCUT2D eigenvalue weighted by Gasteiger charge is 2.28. The summed E-state index contributed by atoms with van der Waals surface area (Å²) in [7, 11) is 1.95. The minimum atomic E-state index is -4.56. The van der Waals surface area contributed by atoms with E-state index in [2.05, 4.69) is 4.90 Å². The molecule has 1 rings (SSSR count). The number of halogens is 3. The van der Waals surface area contributed by atoms with Gasteiger partial charge in [0.15, 0.2) is 0 Å². The molecule has 1 saturated heterocycles. The van der Waals surface area contributed by atoms with Crippen LogP contribution in [0, 0.1) is 5.92 Å². The average molecular weight is 180 g/mol. The van der Waals surface area contributed by atoms with E-state index in [9.17, 15) is 12.9 Å². The van der Waals surface area contributed by atoms with Crippen LogP contribution in [0.25, 0.3) is 0 Å². The Balaban J connectivity index is 2.26. The number of hydrogen-bond donors (Lipinski definition) is 0. The molecule has 0 aliphatic carbocycles. The van der Waals surface area contributed by atoms with Gasteiger partial charge in [-0.25, -0.2) is 0 Å². The van der Waals surface area contributed by atoms with Crippen molar-refractivity contribution >= 4 is 6.98 Å². The van der Waals surface area contributed by atoms with E-state index in [1.165, 1.54) is 0 Å². The summed E-state index contributed by atoms with van der Waals surface area (Å²) >= 11 is 0. The fraction of sp³-hybridized carbons (Fsp3) is 1.00. The second-order valence-electron chi connectivity index (χ2n) is 3.69. The van der Waals surface area contributed by atoms with E-state index in [0.717, 1.165) is 13.1 Å². The molecule has 1 heterocycles. The molecule has 12 heavy (non-hydrogen) atoms. The molecule has 0 unspecified atom stereocenters. The van der Waals surface area contributed by atoms with Crippen molar-refractivity contribution in [1.82, 2.24) is 4.90 Å². The van der Waals surface area contributed by atoms with Crippen LogP contribution in [0.15, 0.2) is 0 Å². The van der Waals surface area contributed by atoms with Gasteiger partial charge >= 0.3 is 6.98 Å². The summed E-state index contributed by atoms with van der Waals surface area (Å²) in [5.41, 5.74) is 0. The van der Waals surface area contributed by atoms with E-state index < -0.39 is 13.3 Å². The molecule has 0 atom stereocenters. The molecular weight excluding hydrogens is 166 g/mol. The third-order valence-electron chi connectivity index (χ3n) is 2.44. The summed E-state index contributed by atoms with van der Waals surface area (Å²) in [6, 6.07) is 0. The number of likely N-dealkylation sites (tertiary alicyclic amines) is 1. The van der Waals surface area contributed by atoms with Gasteiger partial charge in [-0.2, -0.15) is 0 Å². The lowest BCUT2D eigenvalue weighted by Crippen LogP contribution is -2.33. The maximum atomic E-state index is 12.0. The van der Waals surface area contributed by atoms with Gasteiger partial charge in [0.2, 0.25) is 0 Å². The smallest absolute Gasteiger partial charge is 0.449 e. The molecule has 0 aromatic rings. The zero-order valence-electron chi connectivity index (χ0n) is 7.27. The highest BCUT2D eigenvalue weighted by Crippen LogP contribution is 2.28. The zero-order chi connectivity index (χ0) is 9.19. The summed E-state index contributed by atoms with van der Waals surface area (Å²) in [6.07, 6.45) is 0.878. The molecule has 0 aromatic carbocycles. The van der Waals surface area contributed by atoms with Crippen LogP contribution in [0.2, 0.25) is 6.32 Å². The van der Waals surface area contributed by atoms with Crippen molar-refractivity contribution in [2.45, 2.75) is 19.2 Å². The predicted molar refractivity (Wildman–Crippen MR) is 44.1 cm³/mol. The third kappa shape index (κ3) is 3.47. The van der Waals surface area contributed by atoms with E-state index in [0.29, 0.717) is 12.8 Å². The van der Waals surface area contributed by atoms with Crippen LogP contribution >= 0.6 is 0 Å². The van der Waals surface area contributed by atoms with E-state index >= 15 is 0 Å². The van der Waals surface area contributed by atoms with E-state index in [-0.39, 0.29) is 5.92 Å². The molecule has 1 aliphatic rings. The van der Waals surface area contributed by atoms with Gasteiger partial charge in [-0.15, -0.1) is 0 Å². The third-order valence-corrected chi connectivity index (χ3v) is 2.44. The topological polar surface area (TPSA) is 3.24 Å². The second-order valence-corrected chi connectivity index (χ2v) is 3.69. The first-order valence-corrected chi connectivity index (χ1v) is 4.37. The van der Waals surface area contributed by atoms with Gasteiger partial charge in [-0.05, 0) is 33.0 Å². The zero-order valence-corrected chi connectivity index (χ0v) is 7.27. The van der Waals surface area contributed by atoms with Crippen LogP contribution in [0.4, 0.5) is 12.9 Å². The Morgan fingerprint density at radius 3 is 2.17 bits per heavy atom. The highest BCUT2D eigenvalue weighted by atomic mass is 19.4. The van der Waals surface area contributed by atoms with Crippen LogP contribution in [-0.2, 0) is 0 Å². The molecule has 1 fully saturated rings. The molecule has 1 nitrogen and oxygen atoms in total. The first kappa shape index (κ1) is 9.90. The Morgan fingerprint density at radius 1 is 1.25 bits per heavy atom. The lowest BCUT2D eigenvalue weighted by atomic mass is 9.75. The molecule has 5 heteroatoms. The molecule has 0 saturated carbocycles. The monoisotopic (exact) mass is 180 g/mol. The SMILES string of the molecule is CN1CCC(C[B-](F)(F)F)CC1. The van der Waals surface area contributed by atoms with Crippen LogP contribution < -0.4 is 0 Å². The van der Waals surface area contributed by atoms with Gasteiger partial charge in [0.05, 0.1) is 0 Å².